The van der Waals surface area contributed by atoms with Gasteiger partial charge in [0.1, 0.15) is 13.6 Å². The monoisotopic (exact) mass is 362 g/mol. The zero-order chi connectivity index (χ0) is 19.8. The second-order valence-electron chi connectivity index (χ2n) is 8.46. The molecule has 0 saturated heterocycles. The van der Waals surface area contributed by atoms with Gasteiger partial charge in [-0.25, -0.2) is 4.57 Å². The van der Waals surface area contributed by atoms with E-state index >= 15 is 0 Å². The van der Waals surface area contributed by atoms with Crippen LogP contribution < -0.4 is 4.57 Å². The minimum absolute atomic E-state index is 0.0471. The van der Waals surface area contributed by atoms with E-state index in [-0.39, 0.29) is 5.41 Å². The highest BCUT2D eigenvalue weighted by Gasteiger charge is 2.41. The quantitative estimate of drug-likeness (QED) is 0.675. The Bertz CT molecular complexity index is 904. The molecule has 1 heterocycles. The lowest BCUT2D eigenvalue weighted by atomic mass is 9.82. The van der Waals surface area contributed by atoms with Gasteiger partial charge in [-0.05, 0) is 11.6 Å². The van der Waals surface area contributed by atoms with E-state index in [0.29, 0.717) is 0 Å². The molecule has 27 heavy (non-hydrogen) atoms. The summed E-state index contributed by atoms with van der Waals surface area (Å²) < 4.78 is 4.75. The molecule has 1 aromatic rings. The maximum Gasteiger partial charge on any atom is 0.212 e. The molecule has 2 aliphatic carbocycles. The molecular weight excluding hydrogens is 328 g/mol. The molecule has 142 valence electrons. The summed E-state index contributed by atoms with van der Waals surface area (Å²) in [7, 11) is 2.15. The first-order valence-electron chi connectivity index (χ1n) is 10.2. The van der Waals surface area contributed by atoms with Gasteiger partial charge >= 0.3 is 0 Å². The Hall–Kier alpha value is -2.22. The number of aromatic nitrogens is 1. The van der Waals surface area contributed by atoms with Gasteiger partial charge in [0.15, 0.2) is 17.6 Å². The summed E-state index contributed by atoms with van der Waals surface area (Å²) in [6.45, 7) is 16.8. The Labute approximate surface area is 164 Å². The molecule has 0 spiro atoms. The summed E-state index contributed by atoms with van der Waals surface area (Å²) in [4.78, 5) is 0. The molecule has 0 aromatic carbocycles. The van der Waals surface area contributed by atoms with Gasteiger partial charge in [0.05, 0.1) is 0 Å². The number of hydrogen-bond donors (Lipinski definition) is 0. The van der Waals surface area contributed by atoms with E-state index in [1.807, 2.05) is 0 Å². The summed E-state index contributed by atoms with van der Waals surface area (Å²) >= 11 is 0. The van der Waals surface area contributed by atoms with Crippen molar-refractivity contribution >= 4 is 5.71 Å². The van der Waals surface area contributed by atoms with Crippen molar-refractivity contribution in [3.05, 3.63) is 76.8 Å². The van der Waals surface area contributed by atoms with Gasteiger partial charge in [-0.1, -0.05) is 45.9 Å². The lowest BCUT2D eigenvalue weighted by molar-refractivity contribution is -0.678. The summed E-state index contributed by atoms with van der Waals surface area (Å²) in [5.41, 5.74) is 9.56. The normalized spacial score (nSPS) is 21.5. The fourth-order valence-corrected chi connectivity index (χ4v) is 4.40. The third-order valence-electron chi connectivity index (χ3n) is 6.26. The molecule has 0 saturated carbocycles. The molecule has 0 aliphatic heterocycles. The number of allylic oxidation sites excluding steroid dienone is 7. The molecule has 0 bridgehead atoms. The van der Waals surface area contributed by atoms with Gasteiger partial charge in [0, 0.05) is 61.0 Å². The van der Waals surface area contributed by atoms with Crippen LogP contribution in [-0.4, -0.2) is 16.8 Å². The molecule has 0 radical (unpaired) electrons. The van der Waals surface area contributed by atoms with Crippen molar-refractivity contribution in [3.8, 4) is 0 Å². The minimum Gasteiger partial charge on any atom is -0.205 e. The van der Waals surface area contributed by atoms with Crippen molar-refractivity contribution in [1.29, 1.82) is 0 Å². The maximum atomic E-state index is 4.29. The molecule has 1 aromatic heterocycles. The van der Waals surface area contributed by atoms with Crippen molar-refractivity contribution < 1.29 is 9.14 Å². The smallest absolute Gasteiger partial charge is 0.205 e. The predicted octanol–water partition coefficient (Wildman–Crippen LogP) is 4.86. The zero-order valence-electron chi connectivity index (χ0n) is 17.9. The van der Waals surface area contributed by atoms with Crippen molar-refractivity contribution in [3.63, 3.8) is 0 Å². The van der Waals surface area contributed by atoms with Crippen LogP contribution in [-0.2, 0) is 18.9 Å². The third-order valence-corrected chi connectivity index (χ3v) is 6.26. The average molecular weight is 363 g/mol. The Kier molecular flexibility index (Phi) is 5.37. The van der Waals surface area contributed by atoms with E-state index in [9.17, 15) is 0 Å². The van der Waals surface area contributed by atoms with E-state index in [0.717, 1.165) is 18.5 Å². The van der Waals surface area contributed by atoms with E-state index in [2.05, 4.69) is 94.0 Å². The van der Waals surface area contributed by atoms with Crippen molar-refractivity contribution in [2.24, 2.45) is 7.05 Å². The summed E-state index contributed by atoms with van der Waals surface area (Å²) in [6.07, 6.45) is 14.3. The summed E-state index contributed by atoms with van der Waals surface area (Å²) in [5.74, 6) is 0. The fraction of sp³-hybridized carbons (Fsp3) is 0.440. The van der Waals surface area contributed by atoms with E-state index in [4.69, 9.17) is 0 Å². The minimum atomic E-state index is 0.0471. The largest absolute Gasteiger partial charge is 0.212 e. The summed E-state index contributed by atoms with van der Waals surface area (Å²) in [5, 5.41) is 0. The van der Waals surface area contributed by atoms with Gasteiger partial charge in [0.2, 0.25) is 5.71 Å². The van der Waals surface area contributed by atoms with Crippen LogP contribution in [0.2, 0.25) is 0 Å². The SMILES string of the molecule is C=C1C=CC=C/C1=[N+](CCCC)/C(C)=C1\Cc2cc(C)[n+](C)cc2C1(C)C. The second kappa shape index (κ2) is 7.42. The van der Waals surface area contributed by atoms with E-state index in [1.54, 1.807) is 0 Å². The van der Waals surface area contributed by atoms with E-state index < -0.39 is 0 Å². The molecule has 2 aliphatic rings. The van der Waals surface area contributed by atoms with Gasteiger partial charge in [-0.15, -0.1) is 0 Å². The van der Waals surface area contributed by atoms with Crippen LogP contribution in [0.3, 0.4) is 0 Å². The van der Waals surface area contributed by atoms with Crippen LogP contribution in [0.4, 0.5) is 0 Å². The molecule has 0 N–H and O–H groups in total. The van der Waals surface area contributed by atoms with Gasteiger partial charge < -0.3 is 0 Å². The highest BCUT2D eigenvalue weighted by molar-refractivity contribution is 6.08. The highest BCUT2D eigenvalue weighted by atomic mass is 15.0. The molecule has 0 atom stereocenters. The van der Waals surface area contributed by atoms with Crippen LogP contribution in [0, 0.1) is 6.92 Å². The second-order valence-corrected chi connectivity index (χ2v) is 8.46. The third kappa shape index (κ3) is 3.50. The Morgan fingerprint density at radius 3 is 2.63 bits per heavy atom. The maximum absolute atomic E-state index is 4.29. The first kappa shape index (κ1) is 19.5. The number of aryl methyl sites for hydroxylation is 2. The lowest BCUT2D eigenvalue weighted by Crippen LogP contribution is -2.34. The lowest BCUT2D eigenvalue weighted by Gasteiger charge is -2.22. The average Bonchev–Trinajstić information content (AvgIpc) is 2.87. The first-order valence-corrected chi connectivity index (χ1v) is 10.2. The molecule has 0 amide bonds. The first-order chi connectivity index (χ1) is 12.8. The van der Waals surface area contributed by atoms with Gasteiger partial charge in [-0.2, -0.15) is 4.58 Å². The van der Waals surface area contributed by atoms with Gasteiger partial charge in [0.25, 0.3) is 0 Å². The van der Waals surface area contributed by atoms with Crippen LogP contribution in [0.25, 0.3) is 0 Å². The topological polar surface area (TPSA) is 6.89 Å². The van der Waals surface area contributed by atoms with Crippen LogP contribution >= 0.6 is 0 Å². The number of unbranched alkanes of at least 4 members (excludes halogenated alkanes) is 1. The molecule has 2 nitrogen and oxygen atoms in total. The van der Waals surface area contributed by atoms with Crippen LogP contribution in [0.1, 0.15) is 57.4 Å². The van der Waals surface area contributed by atoms with Gasteiger partial charge in [-0.3, -0.25) is 0 Å². The van der Waals surface area contributed by atoms with E-state index in [1.165, 1.54) is 46.6 Å². The fourth-order valence-electron chi connectivity index (χ4n) is 4.40. The standard InChI is InChI=1S/C25H34N2/c1-8-9-14-27(24-13-11-10-12-18(24)2)20(4)22-16-21-15-19(3)26(7)17-23(21)25(22,5)6/h10-13,15,17H,2,8-9,14,16H2,1,3-7H3/q+2/b22-20+,27-24-. The molecule has 2 heteroatoms. The summed E-state index contributed by atoms with van der Waals surface area (Å²) in [6, 6.07) is 2.36. The number of pyridine rings is 1. The molecule has 0 fully saturated rings. The number of fused-ring (bicyclic) bond motifs is 1. The predicted molar refractivity (Wildman–Crippen MR) is 114 cm³/mol. The zero-order valence-corrected chi connectivity index (χ0v) is 17.9. The number of hydrogen-bond acceptors (Lipinski definition) is 0. The van der Waals surface area contributed by atoms with Crippen molar-refractivity contribution in [2.45, 2.75) is 59.3 Å². The Balaban J connectivity index is 2.15. The molecular formula is C25H34N2+2. The van der Waals surface area contributed by atoms with Crippen LogP contribution in [0.5, 0.6) is 0 Å². The Morgan fingerprint density at radius 1 is 1.26 bits per heavy atom. The molecule has 0 unspecified atom stereocenters. The van der Waals surface area contributed by atoms with Crippen LogP contribution in [0.15, 0.2) is 60.0 Å². The van der Waals surface area contributed by atoms with Crippen molar-refractivity contribution in [2.75, 3.05) is 6.54 Å². The number of nitrogens with zero attached hydrogens (tertiary/aromatic N) is 2. The highest BCUT2D eigenvalue weighted by Crippen LogP contribution is 2.43. The number of rotatable bonds is 4. The van der Waals surface area contributed by atoms with Crippen molar-refractivity contribution in [1.82, 2.24) is 0 Å². The Morgan fingerprint density at radius 2 is 1.96 bits per heavy atom. The molecule has 3 rings (SSSR count).